The molecule has 1 aromatic heterocycles. The Labute approximate surface area is 158 Å². The minimum absolute atomic E-state index is 0.302. The van der Waals surface area contributed by atoms with Crippen LogP contribution in [-0.4, -0.2) is 16.8 Å². The fourth-order valence-corrected chi connectivity index (χ4v) is 3.60. The zero-order valence-corrected chi connectivity index (χ0v) is 15.4. The van der Waals surface area contributed by atoms with Crippen LogP contribution in [0, 0.1) is 0 Å². The predicted molar refractivity (Wildman–Crippen MR) is 104 cm³/mol. The Morgan fingerprint density at radius 3 is 2.93 bits per heavy atom. The van der Waals surface area contributed by atoms with Crippen LogP contribution in [-0.2, 0) is 22.5 Å². The summed E-state index contributed by atoms with van der Waals surface area (Å²) in [5.74, 6) is 0.482. The highest BCUT2D eigenvalue weighted by Crippen LogP contribution is 2.28. The second-order valence-electron chi connectivity index (χ2n) is 6.85. The van der Waals surface area contributed by atoms with Crippen molar-refractivity contribution in [1.82, 2.24) is 5.16 Å². The summed E-state index contributed by atoms with van der Waals surface area (Å²) in [5, 5.41) is 10.8. The first-order chi connectivity index (χ1) is 13.3. The zero-order chi connectivity index (χ0) is 18.6. The Kier molecular flexibility index (Phi) is 5.01. The topological polar surface area (TPSA) is 64.7 Å². The molecule has 0 saturated carbocycles. The van der Waals surface area contributed by atoms with E-state index in [2.05, 4.69) is 40.6 Å². The fourth-order valence-electron chi connectivity index (χ4n) is 3.60. The van der Waals surface area contributed by atoms with Gasteiger partial charge in [-0.15, -0.1) is 0 Å². The van der Waals surface area contributed by atoms with Gasteiger partial charge in [0.2, 0.25) is 0 Å². The summed E-state index contributed by atoms with van der Waals surface area (Å²) in [5.41, 5.74) is 3.76. The second kappa shape index (κ2) is 7.74. The minimum Gasteiger partial charge on any atom is -0.360 e. The van der Waals surface area contributed by atoms with Crippen LogP contribution in [0.4, 0.5) is 0 Å². The number of aryl methyl sites for hydroxylation is 1. The number of carbonyl (C=O) groups is 1. The molecule has 1 aliphatic carbocycles. The molecule has 0 spiro atoms. The van der Waals surface area contributed by atoms with Crippen LogP contribution in [0.3, 0.4) is 0 Å². The van der Waals surface area contributed by atoms with E-state index in [0.29, 0.717) is 12.8 Å². The van der Waals surface area contributed by atoms with Gasteiger partial charge in [-0.2, -0.15) is 0 Å². The Hall–Kier alpha value is -2.95. The molecule has 27 heavy (non-hydrogen) atoms. The highest BCUT2D eigenvalue weighted by molar-refractivity contribution is 6.03. The molecule has 0 fully saturated rings. The van der Waals surface area contributed by atoms with Gasteiger partial charge in [-0.1, -0.05) is 59.7 Å². The molecule has 0 radical (unpaired) electrons. The van der Waals surface area contributed by atoms with Crippen molar-refractivity contribution in [3.8, 4) is 0 Å². The van der Waals surface area contributed by atoms with Crippen LogP contribution >= 0.6 is 0 Å². The number of oxime groups is 1. The van der Waals surface area contributed by atoms with E-state index in [-0.39, 0.29) is 5.97 Å². The van der Waals surface area contributed by atoms with E-state index in [4.69, 9.17) is 9.36 Å². The van der Waals surface area contributed by atoms with E-state index in [1.807, 2.05) is 19.1 Å². The number of rotatable bonds is 5. The molecule has 0 amide bonds. The lowest BCUT2D eigenvalue weighted by Gasteiger charge is -2.13. The van der Waals surface area contributed by atoms with Crippen molar-refractivity contribution in [3.63, 3.8) is 0 Å². The molecule has 5 nitrogen and oxygen atoms in total. The standard InChI is InChI=1S/C22H22N2O3/c1-2-7-21(25)27-24-19-13-6-12-18-22(19)20(26-23-18)14-16-10-5-9-15-8-3-4-11-17(15)16/h3-5,8-11H,2,6-7,12-14H2,1H3. The number of hydrogen-bond acceptors (Lipinski definition) is 5. The van der Waals surface area contributed by atoms with E-state index in [1.54, 1.807) is 0 Å². The molecule has 0 atom stereocenters. The van der Waals surface area contributed by atoms with Crippen molar-refractivity contribution in [3.05, 3.63) is 65.0 Å². The lowest BCUT2D eigenvalue weighted by Crippen LogP contribution is -2.14. The van der Waals surface area contributed by atoms with Crippen LogP contribution in [0.1, 0.15) is 55.2 Å². The predicted octanol–water partition coefficient (Wildman–Crippen LogP) is 4.80. The van der Waals surface area contributed by atoms with E-state index < -0.39 is 0 Å². The SMILES string of the molecule is CCCC(=O)ON=C1CCCc2noc(Cc3cccc4ccccc34)c21. The van der Waals surface area contributed by atoms with Crippen LogP contribution in [0.2, 0.25) is 0 Å². The van der Waals surface area contributed by atoms with E-state index >= 15 is 0 Å². The summed E-state index contributed by atoms with van der Waals surface area (Å²) in [6.45, 7) is 1.94. The molecule has 1 aliphatic rings. The van der Waals surface area contributed by atoms with Gasteiger partial charge in [-0.25, -0.2) is 4.79 Å². The maximum absolute atomic E-state index is 11.7. The van der Waals surface area contributed by atoms with Gasteiger partial charge in [0.1, 0.15) is 0 Å². The second-order valence-corrected chi connectivity index (χ2v) is 6.85. The average Bonchev–Trinajstić information content (AvgIpc) is 3.10. The summed E-state index contributed by atoms with van der Waals surface area (Å²) >= 11 is 0. The van der Waals surface area contributed by atoms with Gasteiger partial charge in [0, 0.05) is 12.8 Å². The van der Waals surface area contributed by atoms with Crippen LogP contribution in [0.25, 0.3) is 10.8 Å². The number of fused-ring (bicyclic) bond motifs is 2. The molecule has 0 bridgehead atoms. The summed E-state index contributed by atoms with van der Waals surface area (Å²) < 4.78 is 5.68. The van der Waals surface area contributed by atoms with E-state index in [0.717, 1.165) is 48.4 Å². The van der Waals surface area contributed by atoms with Crippen LogP contribution in [0.15, 0.2) is 52.1 Å². The molecule has 2 aromatic carbocycles. The molecule has 0 unspecified atom stereocenters. The maximum atomic E-state index is 11.7. The molecule has 4 rings (SSSR count). The van der Waals surface area contributed by atoms with Crippen molar-refractivity contribution in [2.24, 2.45) is 5.16 Å². The number of aromatic nitrogens is 1. The van der Waals surface area contributed by atoms with E-state index in [1.165, 1.54) is 16.3 Å². The normalized spacial score (nSPS) is 15.1. The van der Waals surface area contributed by atoms with Gasteiger partial charge in [0.25, 0.3) is 0 Å². The third-order valence-electron chi connectivity index (χ3n) is 4.89. The summed E-state index contributed by atoms with van der Waals surface area (Å²) in [7, 11) is 0. The van der Waals surface area contributed by atoms with Gasteiger partial charge in [-0.05, 0) is 42.0 Å². The Bertz CT molecular complexity index is 998. The van der Waals surface area contributed by atoms with Gasteiger partial charge in [0.05, 0.1) is 17.0 Å². The lowest BCUT2D eigenvalue weighted by atomic mass is 9.91. The average molecular weight is 362 g/mol. The van der Waals surface area contributed by atoms with Gasteiger partial charge >= 0.3 is 5.97 Å². The quantitative estimate of drug-likeness (QED) is 0.483. The number of benzene rings is 2. The van der Waals surface area contributed by atoms with Crippen molar-refractivity contribution in [2.75, 3.05) is 0 Å². The fraction of sp³-hybridized carbons (Fsp3) is 0.318. The number of hydrogen-bond donors (Lipinski definition) is 0. The van der Waals surface area contributed by atoms with E-state index in [9.17, 15) is 4.79 Å². The van der Waals surface area contributed by atoms with Gasteiger partial charge < -0.3 is 9.36 Å². The maximum Gasteiger partial charge on any atom is 0.335 e. The molecular formula is C22H22N2O3. The molecule has 0 aliphatic heterocycles. The first-order valence-electron chi connectivity index (χ1n) is 9.47. The Morgan fingerprint density at radius 2 is 2.04 bits per heavy atom. The number of carbonyl (C=O) groups excluding carboxylic acids is 1. The van der Waals surface area contributed by atoms with Crippen molar-refractivity contribution < 1.29 is 14.2 Å². The van der Waals surface area contributed by atoms with Crippen molar-refractivity contribution in [1.29, 1.82) is 0 Å². The highest BCUT2D eigenvalue weighted by atomic mass is 16.7. The van der Waals surface area contributed by atoms with Crippen molar-refractivity contribution in [2.45, 2.75) is 45.4 Å². The largest absolute Gasteiger partial charge is 0.360 e. The summed E-state index contributed by atoms with van der Waals surface area (Å²) in [6.07, 6.45) is 4.29. The van der Waals surface area contributed by atoms with Crippen LogP contribution in [0.5, 0.6) is 0 Å². The first-order valence-corrected chi connectivity index (χ1v) is 9.47. The molecule has 1 heterocycles. The number of nitrogens with zero attached hydrogens (tertiary/aromatic N) is 2. The van der Waals surface area contributed by atoms with Crippen LogP contribution < -0.4 is 0 Å². The minimum atomic E-state index is -0.302. The third-order valence-corrected chi connectivity index (χ3v) is 4.89. The smallest absolute Gasteiger partial charge is 0.335 e. The van der Waals surface area contributed by atoms with Gasteiger partial charge in [0.15, 0.2) is 5.76 Å². The molecular weight excluding hydrogens is 340 g/mol. The Balaban J connectivity index is 1.66. The zero-order valence-electron chi connectivity index (χ0n) is 15.4. The lowest BCUT2D eigenvalue weighted by molar-refractivity contribution is -0.143. The summed E-state index contributed by atoms with van der Waals surface area (Å²) in [6, 6.07) is 14.6. The third kappa shape index (κ3) is 3.63. The van der Waals surface area contributed by atoms with Crippen molar-refractivity contribution >= 4 is 22.5 Å². The molecule has 5 heteroatoms. The molecule has 0 saturated heterocycles. The molecule has 3 aromatic rings. The highest BCUT2D eigenvalue weighted by Gasteiger charge is 2.26. The Morgan fingerprint density at radius 1 is 1.19 bits per heavy atom. The monoisotopic (exact) mass is 362 g/mol. The van der Waals surface area contributed by atoms with Gasteiger partial charge in [-0.3, -0.25) is 0 Å². The summed E-state index contributed by atoms with van der Waals surface area (Å²) in [4.78, 5) is 16.8. The molecule has 0 N–H and O–H groups in total. The molecule has 138 valence electrons. The first kappa shape index (κ1) is 17.5.